The standard InChI is InChI=1S/C28H24N2O6/c1-4-18-5-7-19(8-6-18)25(32)16(2)36-28(35)20-9-14-23-24(15-20)27(34)30(26(23)33)22-12-10-21(11-13-22)29-17(3)31/h5-16H,4H2,1-3H3,(H,29,31). The largest absolute Gasteiger partial charge is 0.451 e. The van der Waals surface area contributed by atoms with Crippen LogP contribution in [-0.4, -0.2) is 35.6 Å². The SMILES string of the molecule is CCc1ccc(C(=O)C(C)OC(=O)c2ccc3c(c2)C(=O)N(c2ccc(NC(C)=O)cc2)C3=O)cc1. The summed E-state index contributed by atoms with van der Waals surface area (Å²) >= 11 is 0. The second-order valence-corrected chi connectivity index (χ2v) is 8.40. The van der Waals surface area contributed by atoms with E-state index in [4.69, 9.17) is 4.74 Å². The van der Waals surface area contributed by atoms with Crippen LogP contribution in [0.5, 0.6) is 0 Å². The van der Waals surface area contributed by atoms with Gasteiger partial charge in [-0.2, -0.15) is 0 Å². The van der Waals surface area contributed by atoms with E-state index in [1.54, 1.807) is 36.4 Å². The predicted molar refractivity (Wildman–Crippen MR) is 133 cm³/mol. The number of nitrogens with one attached hydrogen (secondary N) is 1. The number of ether oxygens (including phenoxy) is 1. The molecule has 0 aromatic heterocycles. The molecule has 1 aliphatic heterocycles. The van der Waals surface area contributed by atoms with E-state index < -0.39 is 23.9 Å². The quantitative estimate of drug-likeness (QED) is 0.302. The Balaban J connectivity index is 1.49. The van der Waals surface area contributed by atoms with Gasteiger partial charge in [0, 0.05) is 18.2 Å². The third-order valence-electron chi connectivity index (χ3n) is 5.87. The number of nitrogens with zero attached hydrogens (tertiary/aromatic N) is 1. The maximum absolute atomic E-state index is 13.0. The van der Waals surface area contributed by atoms with E-state index in [-0.39, 0.29) is 28.4 Å². The first-order valence-corrected chi connectivity index (χ1v) is 11.4. The number of hydrogen-bond acceptors (Lipinski definition) is 6. The lowest BCUT2D eigenvalue weighted by Gasteiger charge is -2.14. The van der Waals surface area contributed by atoms with Gasteiger partial charge in [-0.15, -0.1) is 0 Å². The molecule has 0 spiro atoms. The highest BCUT2D eigenvalue weighted by molar-refractivity contribution is 6.34. The fourth-order valence-corrected chi connectivity index (χ4v) is 3.92. The zero-order valence-corrected chi connectivity index (χ0v) is 20.0. The number of imide groups is 1. The van der Waals surface area contributed by atoms with Crippen molar-refractivity contribution in [2.45, 2.75) is 33.3 Å². The molecule has 0 saturated heterocycles. The number of rotatable bonds is 7. The maximum Gasteiger partial charge on any atom is 0.338 e. The van der Waals surface area contributed by atoms with Crippen LogP contribution in [0, 0.1) is 0 Å². The van der Waals surface area contributed by atoms with E-state index in [1.165, 1.54) is 32.0 Å². The Labute approximate surface area is 207 Å². The zero-order valence-electron chi connectivity index (χ0n) is 20.0. The highest BCUT2D eigenvalue weighted by Gasteiger charge is 2.37. The zero-order chi connectivity index (χ0) is 26.0. The summed E-state index contributed by atoms with van der Waals surface area (Å²) in [6.07, 6.45) is -0.188. The van der Waals surface area contributed by atoms with Crippen molar-refractivity contribution in [1.29, 1.82) is 0 Å². The number of amides is 3. The number of aryl methyl sites for hydroxylation is 1. The Morgan fingerprint density at radius 2 is 1.47 bits per heavy atom. The molecule has 1 unspecified atom stereocenters. The molecular weight excluding hydrogens is 460 g/mol. The summed E-state index contributed by atoms with van der Waals surface area (Å²) in [6, 6.07) is 17.4. The van der Waals surface area contributed by atoms with E-state index in [2.05, 4.69) is 5.32 Å². The molecule has 1 atom stereocenters. The van der Waals surface area contributed by atoms with Gasteiger partial charge in [0.1, 0.15) is 0 Å². The molecule has 4 rings (SSSR count). The molecule has 8 nitrogen and oxygen atoms in total. The van der Waals surface area contributed by atoms with Gasteiger partial charge in [0.2, 0.25) is 11.7 Å². The van der Waals surface area contributed by atoms with Crippen LogP contribution in [0.25, 0.3) is 0 Å². The molecule has 3 aromatic rings. The van der Waals surface area contributed by atoms with Gasteiger partial charge < -0.3 is 10.1 Å². The van der Waals surface area contributed by atoms with Crippen LogP contribution < -0.4 is 10.2 Å². The summed E-state index contributed by atoms with van der Waals surface area (Å²) < 4.78 is 5.35. The molecule has 1 aliphatic rings. The minimum absolute atomic E-state index is 0.0544. The number of fused-ring (bicyclic) bond motifs is 1. The molecule has 0 aliphatic carbocycles. The van der Waals surface area contributed by atoms with Gasteiger partial charge in [0.05, 0.1) is 22.4 Å². The van der Waals surface area contributed by atoms with Gasteiger partial charge in [-0.3, -0.25) is 19.2 Å². The number of esters is 1. The monoisotopic (exact) mass is 484 g/mol. The van der Waals surface area contributed by atoms with Crippen molar-refractivity contribution in [3.05, 3.63) is 94.5 Å². The minimum Gasteiger partial charge on any atom is -0.451 e. The summed E-state index contributed by atoms with van der Waals surface area (Å²) in [4.78, 5) is 63.6. The molecule has 1 heterocycles. The number of carbonyl (C=O) groups excluding carboxylic acids is 5. The van der Waals surface area contributed by atoms with Crippen molar-refractivity contribution in [2.75, 3.05) is 10.2 Å². The first-order valence-electron chi connectivity index (χ1n) is 11.4. The first kappa shape index (κ1) is 24.5. The van der Waals surface area contributed by atoms with Crippen molar-refractivity contribution in [2.24, 2.45) is 0 Å². The average Bonchev–Trinajstić information content (AvgIpc) is 3.13. The molecule has 8 heteroatoms. The molecule has 182 valence electrons. The highest BCUT2D eigenvalue weighted by atomic mass is 16.5. The van der Waals surface area contributed by atoms with Crippen LogP contribution in [0.3, 0.4) is 0 Å². The number of ketones is 1. The van der Waals surface area contributed by atoms with E-state index >= 15 is 0 Å². The van der Waals surface area contributed by atoms with Crippen molar-refractivity contribution < 1.29 is 28.7 Å². The van der Waals surface area contributed by atoms with Gasteiger partial charge in [0.25, 0.3) is 11.8 Å². The third kappa shape index (κ3) is 4.79. The van der Waals surface area contributed by atoms with Crippen molar-refractivity contribution in [1.82, 2.24) is 0 Å². The summed E-state index contributed by atoms with van der Waals surface area (Å²) in [5.41, 5.74) is 2.65. The second kappa shape index (κ2) is 9.95. The molecule has 1 N–H and O–H groups in total. The number of benzene rings is 3. The number of anilines is 2. The molecule has 0 radical (unpaired) electrons. The van der Waals surface area contributed by atoms with E-state index in [0.717, 1.165) is 16.9 Å². The van der Waals surface area contributed by atoms with Crippen LogP contribution in [-0.2, 0) is 16.0 Å². The Kier molecular flexibility index (Phi) is 6.78. The lowest BCUT2D eigenvalue weighted by atomic mass is 10.0. The summed E-state index contributed by atoms with van der Waals surface area (Å²) in [7, 11) is 0. The van der Waals surface area contributed by atoms with Gasteiger partial charge in [-0.25, -0.2) is 9.69 Å². The summed E-state index contributed by atoms with van der Waals surface area (Å²) in [5.74, 6) is -2.47. The van der Waals surface area contributed by atoms with Crippen molar-refractivity contribution >= 4 is 40.8 Å². The van der Waals surface area contributed by atoms with Crippen LogP contribution in [0.4, 0.5) is 11.4 Å². The predicted octanol–water partition coefficient (Wildman–Crippen LogP) is 4.44. The number of Topliss-reactive ketones (excluding diaryl/α,β-unsaturated/α-hetero) is 1. The molecular formula is C28H24N2O6. The van der Waals surface area contributed by atoms with E-state index in [9.17, 15) is 24.0 Å². The topological polar surface area (TPSA) is 110 Å². The van der Waals surface area contributed by atoms with Gasteiger partial charge >= 0.3 is 5.97 Å². The Morgan fingerprint density at radius 3 is 2.08 bits per heavy atom. The molecule has 0 fully saturated rings. The summed E-state index contributed by atoms with van der Waals surface area (Å²) in [6.45, 7) is 4.88. The molecule has 3 amide bonds. The molecule has 36 heavy (non-hydrogen) atoms. The van der Waals surface area contributed by atoms with Crippen LogP contribution >= 0.6 is 0 Å². The fourth-order valence-electron chi connectivity index (χ4n) is 3.92. The minimum atomic E-state index is -1.03. The number of hydrogen-bond donors (Lipinski definition) is 1. The van der Waals surface area contributed by atoms with Crippen molar-refractivity contribution in [3.8, 4) is 0 Å². The van der Waals surface area contributed by atoms with Gasteiger partial charge in [-0.1, -0.05) is 31.2 Å². The Bertz CT molecular complexity index is 1380. The maximum atomic E-state index is 13.0. The smallest absolute Gasteiger partial charge is 0.338 e. The third-order valence-corrected chi connectivity index (χ3v) is 5.87. The summed E-state index contributed by atoms with van der Waals surface area (Å²) in [5, 5.41) is 2.62. The van der Waals surface area contributed by atoms with Crippen molar-refractivity contribution in [3.63, 3.8) is 0 Å². The average molecular weight is 485 g/mol. The van der Waals surface area contributed by atoms with E-state index in [1.807, 2.05) is 19.1 Å². The highest BCUT2D eigenvalue weighted by Crippen LogP contribution is 2.30. The van der Waals surface area contributed by atoms with Gasteiger partial charge in [-0.05, 0) is 61.4 Å². The van der Waals surface area contributed by atoms with E-state index in [0.29, 0.717) is 16.9 Å². The second-order valence-electron chi connectivity index (χ2n) is 8.40. The van der Waals surface area contributed by atoms with Crippen LogP contribution in [0.1, 0.15) is 67.8 Å². The fraction of sp³-hybridized carbons (Fsp3) is 0.179. The first-order chi connectivity index (χ1) is 17.2. The molecule has 0 bridgehead atoms. The normalized spacial score (nSPS) is 13.2. The van der Waals surface area contributed by atoms with Gasteiger partial charge in [0.15, 0.2) is 6.10 Å². The Hall–Kier alpha value is -4.59. The molecule has 3 aromatic carbocycles. The van der Waals surface area contributed by atoms with Crippen LogP contribution in [0.2, 0.25) is 0 Å². The molecule has 0 saturated carbocycles. The lowest BCUT2D eigenvalue weighted by Crippen LogP contribution is -2.29. The Morgan fingerprint density at radius 1 is 0.861 bits per heavy atom. The van der Waals surface area contributed by atoms with Crippen LogP contribution in [0.15, 0.2) is 66.7 Å². The lowest BCUT2D eigenvalue weighted by molar-refractivity contribution is -0.114. The number of carbonyl (C=O) groups is 5.